The Morgan fingerprint density at radius 3 is 2.35 bits per heavy atom. The van der Waals surface area contributed by atoms with Gasteiger partial charge in [-0.05, 0) is 58.2 Å². The molecule has 0 unspecified atom stereocenters. The third-order valence-electron chi connectivity index (χ3n) is 5.17. The summed E-state index contributed by atoms with van der Waals surface area (Å²) in [4.78, 5) is 13.1. The Balaban J connectivity index is 1.83. The summed E-state index contributed by atoms with van der Waals surface area (Å²) >= 11 is 0. The van der Waals surface area contributed by atoms with Crippen LogP contribution in [0, 0.1) is 0 Å². The number of rotatable bonds is 4. The minimum atomic E-state index is -4.67. The van der Waals surface area contributed by atoms with E-state index in [4.69, 9.17) is 4.74 Å². The summed E-state index contributed by atoms with van der Waals surface area (Å²) in [5, 5.41) is 10.7. The summed E-state index contributed by atoms with van der Waals surface area (Å²) < 4.78 is 72.3. The van der Waals surface area contributed by atoms with Crippen LogP contribution >= 0.6 is 0 Å². The molecule has 1 aromatic carbocycles. The Morgan fingerprint density at radius 1 is 1.19 bits per heavy atom. The van der Waals surface area contributed by atoms with Crippen molar-refractivity contribution in [3.05, 3.63) is 29.8 Å². The molecule has 3 rings (SSSR count). The number of halogens is 3. The SMILES string of the molecule is CC(C)(C)OC(=O)N1CC[C@H](N(C2CC2)S(=O)(=O)c2cccc(C(F)(F)F)c2)[C@@H](O)C1. The number of piperidine rings is 1. The lowest BCUT2D eigenvalue weighted by atomic mass is 10.0. The Hall–Kier alpha value is -1.85. The van der Waals surface area contributed by atoms with Gasteiger partial charge in [0.2, 0.25) is 10.0 Å². The Morgan fingerprint density at radius 2 is 1.84 bits per heavy atom. The second kappa shape index (κ2) is 8.25. The van der Waals surface area contributed by atoms with Crippen LogP contribution in [-0.4, -0.2) is 65.7 Å². The number of ether oxygens (including phenoxy) is 1. The second-order valence-corrected chi connectivity index (χ2v) is 10.8. The van der Waals surface area contributed by atoms with Crippen molar-refractivity contribution in [3.63, 3.8) is 0 Å². The van der Waals surface area contributed by atoms with E-state index in [-0.39, 0.29) is 25.6 Å². The number of aliphatic hydroxyl groups excluding tert-OH is 1. The number of alkyl halides is 3. The van der Waals surface area contributed by atoms with Crippen molar-refractivity contribution in [3.8, 4) is 0 Å². The first-order chi connectivity index (χ1) is 14.2. The average Bonchev–Trinajstić information content (AvgIpc) is 3.46. The molecule has 1 amide bonds. The highest BCUT2D eigenvalue weighted by Crippen LogP contribution is 2.38. The van der Waals surface area contributed by atoms with Gasteiger partial charge in [-0.15, -0.1) is 0 Å². The van der Waals surface area contributed by atoms with Crippen LogP contribution in [-0.2, 0) is 20.9 Å². The minimum Gasteiger partial charge on any atom is -0.444 e. The number of benzene rings is 1. The van der Waals surface area contributed by atoms with Crippen LogP contribution in [0.2, 0.25) is 0 Å². The first-order valence-electron chi connectivity index (χ1n) is 10.1. The number of carbonyl (C=O) groups excluding carboxylic acids is 1. The fourth-order valence-corrected chi connectivity index (χ4v) is 5.61. The third-order valence-corrected chi connectivity index (χ3v) is 7.14. The van der Waals surface area contributed by atoms with Gasteiger partial charge < -0.3 is 14.7 Å². The second-order valence-electron chi connectivity index (χ2n) is 8.94. The summed E-state index contributed by atoms with van der Waals surface area (Å²) in [7, 11) is -4.28. The highest BCUT2D eigenvalue weighted by Gasteiger charge is 2.47. The molecule has 1 aromatic rings. The lowest BCUT2D eigenvalue weighted by molar-refractivity contribution is -0.137. The van der Waals surface area contributed by atoms with E-state index in [1.165, 1.54) is 4.90 Å². The molecule has 1 heterocycles. The van der Waals surface area contributed by atoms with E-state index < -0.39 is 50.5 Å². The predicted octanol–water partition coefficient (Wildman–Crippen LogP) is 3.23. The molecule has 2 fully saturated rings. The van der Waals surface area contributed by atoms with Crippen molar-refractivity contribution in [2.24, 2.45) is 0 Å². The zero-order valence-electron chi connectivity index (χ0n) is 17.6. The zero-order chi connectivity index (χ0) is 23.2. The highest BCUT2D eigenvalue weighted by atomic mass is 32.2. The van der Waals surface area contributed by atoms with Gasteiger partial charge in [-0.3, -0.25) is 0 Å². The quantitative estimate of drug-likeness (QED) is 0.739. The number of hydrogen-bond donors (Lipinski definition) is 1. The first-order valence-corrected chi connectivity index (χ1v) is 11.5. The van der Waals surface area contributed by atoms with Crippen LogP contribution in [0.4, 0.5) is 18.0 Å². The standard InChI is InChI=1S/C20H27F3N2O5S/c1-19(2,3)30-18(27)24-10-9-16(17(26)12-24)25(14-7-8-14)31(28,29)15-6-4-5-13(11-15)20(21,22)23/h4-6,11,14,16-17,26H,7-10,12H2,1-3H3/t16-,17-/m0/s1. The van der Waals surface area contributed by atoms with Crippen LogP contribution in [0.5, 0.6) is 0 Å². The molecule has 1 saturated carbocycles. The number of sulfonamides is 1. The molecular formula is C20H27F3N2O5S. The van der Waals surface area contributed by atoms with Gasteiger partial charge in [0.1, 0.15) is 5.60 Å². The van der Waals surface area contributed by atoms with Crippen LogP contribution < -0.4 is 0 Å². The average molecular weight is 465 g/mol. The number of nitrogens with zero attached hydrogens (tertiary/aromatic N) is 2. The van der Waals surface area contributed by atoms with E-state index in [9.17, 15) is 31.5 Å². The van der Waals surface area contributed by atoms with Gasteiger partial charge >= 0.3 is 12.3 Å². The summed E-state index contributed by atoms with van der Waals surface area (Å²) in [6.45, 7) is 5.18. The molecule has 2 aliphatic rings. The molecule has 31 heavy (non-hydrogen) atoms. The van der Waals surface area contributed by atoms with Crippen LogP contribution in [0.1, 0.15) is 45.6 Å². The Labute approximate surface area is 179 Å². The lowest BCUT2D eigenvalue weighted by Gasteiger charge is -2.41. The number of aliphatic hydroxyl groups is 1. The molecule has 174 valence electrons. The summed E-state index contributed by atoms with van der Waals surface area (Å²) in [5.74, 6) is 0. The number of amides is 1. The molecular weight excluding hydrogens is 437 g/mol. The minimum absolute atomic E-state index is 0.124. The number of likely N-dealkylation sites (tertiary alicyclic amines) is 1. The smallest absolute Gasteiger partial charge is 0.416 e. The Kier molecular flexibility index (Phi) is 6.34. The molecule has 7 nitrogen and oxygen atoms in total. The zero-order valence-corrected chi connectivity index (χ0v) is 18.4. The molecule has 1 N–H and O–H groups in total. The van der Waals surface area contributed by atoms with Gasteiger partial charge in [0.05, 0.1) is 29.1 Å². The van der Waals surface area contributed by atoms with Gasteiger partial charge in [0.25, 0.3) is 0 Å². The maximum Gasteiger partial charge on any atom is 0.416 e. The maximum absolute atomic E-state index is 13.3. The van der Waals surface area contributed by atoms with Crippen molar-refractivity contribution >= 4 is 16.1 Å². The van der Waals surface area contributed by atoms with Crippen molar-refractivity contribution in [1.82, 2.24) is 9.21 Å². The number of β-amino-alcohol motifs (C(OH)–C–C–N with tert-alkyl or cyclic N) is 1. The molecule has 11 heteroatoms. The van der Waals surface area contributed by atoms with E-state index >= 15 is 0 Å². The highest BCUT2D eigenvalue weighted by molar-refractivity contribution is 7.89. The van der Waals surface area contributed by atoms with E-state index in [0.717, 1.165) is 22.5 Å². The maximum atomic E-state index is 13.3. The van der Waals surface area contributed by atoms with E-state index in [1.54, 1.807) is 20.8 Å². The van der Waals surface area contributed by atoms with E-state index in [2.05, 4.69) is 0 Å². The van der Waals surface area contributed by atoms with Crippen LogP contribution in [0.25, 0.3) is 0 Å². The van der Waals surface area contributed by atoms with Crippen molar-refractivity contribution in [2.75, 3.05) is 13.1 Å². The van der Waals surface area contributed by atoms with Gasteiger partial charge in [0.15, 0.2) is 0 Å². The van der Waals surface area contributed by atoms with Gasteiger partial charge in [0, 0.05) is 12.6 Å². The van der Waals surface area contributed by atoms with Gasteiger partial charge in [-0.2, -0.15) is 17.5 Å². The van der Waals surface area contributed by atoms with Crippen LogP contribution in [0.15, 0.2) is 29.2 Å². The molecule has 2 atom stereocenters. The summed E-state index contributed by atoms with van der Waals surface area (Å²) in [6, 6.07) is 2.39. The van der Waals surface area contributed by atoms with Gasteiger partial charge in [-0.1, -0.05) is 6.07 Å². The van der Waals surface area contributed by atoms with Crippen molar-refractivity contribution in [1.29, 1.82) is 0 Å². The summed E-state index contributed by atoms with van der Waals surface area (Å²) in [6.07, 6.45) is -5.19. The molecule has 0 spiro atoms. The molecule has 0 aromatic heterocycles. The fraction of sp³-hybridized carbons (Fsp3) is 0.650. The van der Waals surface area contributed by atoms with Crippen molar-refractivity contribution in [2.45, 2.75) is 74.9 Å². The number of hydrogen-bond acceptors (Lipinski definition) is 5. The van der Waals surface area contributed by atoms with Gasteiger partial charge in [-0.25, -0.2) is 13.2 Å². The normalized spacial score (nSPS) is 23.2. The lowest BCUT2D eigenvalue weighted by Crippen LogP contribution is -2.57. The molecule has 1 aliphatic carbocycles. The number of carbonyl (C=O) groups is 1. The molecule has 0 bridgehead atoms. The predicted molar refractivity (Wildman–Crippen MR) is 106 cm³/mol. The first kappa shape index (κ1) is 23.8. The fourth-order valence-electron chi connectivity index (χ4n) is 3.64. The molecule has 0 radical (unpaired) electrons. The topological polar surface area (TPSA) is 87.2 Å². The van der Waals surface area contributed by atoms with Crippen LogP contribution in [0.3, 0.4) is 0 Å². The van der Waals surface area contributed by atoms with Crippen molar-refractivity contribution < 1.29 is 36.2 Å². The third kappa shape index (κ3) is 5.50. The van der Waals surface area contributed by atoms with E-state index in [1.807, 2.05) is 0 Å². The summed E-state index contributed by atoms with van der Waals surface area (Å²) in [5.41, 5.74) is -1.77. The molecule has 1 saturated heterocycles. The monoisotopic (exact) mass is 464 g/mol. The van der Waals surface area contributed by atoms with E-state index in [0.29, 0.717) is 18.9 Å². The molecule has 1 aliphatic heterocycles. The Bertz CT molecular complexity index is 925. The largest absolute Gasteiger partial charge is 0.444 e.